The van der Waals surface area contributed by atoms with Crippen LogP contribution in [0.3, 0.4) is 0 Å². The SMILES string of the molecule is CC(C)(C)COS(=O)(=O)c1c(Cl)ccc2c1ccc1c3ccccc3ccc21. The predicted molar refractivity (Wildman–Crippen MR) is 117 cm³/mol. The molecule has 0 amide bonds. The zero-order valence-corrected chi connectivity index (χ0v) is 17.6. The van der Waals surface area contributed by atoms with Gasteiger partial charge in [-0.15, -0.1) is 0 Å². The average Bonchev–Trinajstić information content (AvgIpc) is 2.65. The fraction of sp³-hybridized carbons (Fsp3) is 0.217. The van der Waals surface area contributed by atoms with Crippen LogP contribution >= 0.6 is 11.6 Å². The molecule has 0 N–H and O–H groups in total. The molecule has 28 heavy (non-hydrogen) atoms. The van der Waals surface area contributed by atoms with Gasteiger partial charge in [0.25, 0.3) is 10.1 Å². The fourth-order valence-corrected chi connectivity index (χ4v) is 5.25. The van der Waals surface area contributed by atoms with Crippen molar-refractivity contribution in [2.75, 3.05) is 6.61 Å². The second-order valence-corrected chi connectivity index (χ2v) is 10.2. The van der Waals surface area contributed by atoms with Gasteiger partial charge in [-0.05, 0) is 38.4 Å². The van der Waals surface area contributed by atoms with Crippen molar-refractivity contribution in [1.29, 1.82) is 0 Å². The van der Waals surface area contributed by atoms with Crippen molar-refractivity contribution >= 4 is 54.0 Å². The second kappa shape index (κ2) is 6.73. The summed E-state index contributed by atoms with van der Waals surface area (Å²) in [4.78, 5) is 0.0333. The summed E-state index contributed by atoms with van der Waals surface area (Å²) in [7, 11) is -3.99. The van der Waals surface area contributed by atoms with Crippen LogP contribution in [0.25, 0.3) is 32.3 Å². The van der Waals surface area contributed by atoms with Crippen LogP contribution in [0, 0.1) is 5.41 Å². The predicted octanol–water partition coefficient (Wildman–Crippen LogP) is 6.55. The summed E-state index contributed by atoms with van der Waals surface area (Å²) in [6, 6.07) is 19.5. The summed E-state index contributed by atoms with van der Waals surface area (Å²) < 4.78 is 31.2. The van der Waals surface area contributed by atoms with Gasteiger partial charge in [0.1, 0.15) is 4.90 Å². The van der Waals surface area contributed by atoms with Crippen molar-refractivity contribution in [3.8, 4) is 0 Å². The van der Waals surface area contributed by atoms with Gasteiger partial charge >= 0.3 is 0 Å². The minimum atomic E-state index is -3.99. The molecule has 0 aromatic heterocycles. The first kappa shape index (κ1) is 19.2. The topological polar surface area (TPSA) is 43.4 Å². The van der Waals surface area contributed by atoms with Crippen molar-refractivity contribution in [2.24, 2.45) is 5.41 Å². The molecule has 0 heterocycles. The maximum atomic E-state index is 13.0. The Kier molecular flexibility index (Phi) is 4.61. The number of hydrogen-bond donors (Lipinski definition) is 0. The van der Waals surface area contributed by atoms with E-state index in [0.717, 1.165) is 26.9 Å². The van der Waals surface area contributed by atoms with E-state index in [2.05, 4.69) is 18.2 Å². The van der Waals surface area contributed by atoms with Crippen molar-refractivity contribution in [3.63, 3.8) is 0 Å². The lowest BCUT2D eigenvalue weighted by atomic mass is 9.97. The van der Waals surface area contributed by atoms with Crippen molar-refractivity contribution < 1.29 is 12.6 Å². The molecule has 0 aliphatic carbocycles. The fourth-order valence-electron chi connectivity index (χ4n) is 3.42. The van der Waals surface area contributed by atoms with E-state index in [-0.39, 0.29) is 21.9 Å². The highest BCUT2D eigenvalue weighted by atomic mass is 35.5. The molecular formula is C23H21ClO3S. The molecule has 0 saturated carbocycles. The summed E-state index contributed by atoms with van der Waals surface area (Å²) in [6.45, 7) is 5.85. The highest BCUT2D eigenvalue weighted by Gasteiger charge is 2.25. The van der Waals surface area contributed by atoms with Gasteiger partial charge in [0.05, 0.1) is 11.6 Å². The summed E-state index contributed by atoms with van der Waals surface area (Å²) in [6.07, 6.45) is 0. The van der Waals surface area contributed by atoms with Crippen molar-refractivity contribution in [1.82, 2.24) is 0 Å². The lowest BCUT2D eigenvalue weighted by Gasteiger charge is -2.19. The molecule has 0 aliphatic rings. The average molecular weight is 413 g/mol. The lowest BCUT2D eigenvalue weighted by molar-refractivity contribution is 0.203. The second-order valence-electron chi connectivity index (χ2n) is 8.20. The Morgan fingerprint density at radius 2 is 1.36 bits per heavy atom. The summed E-state index contributed by atoms with van der Waals surface area (Å²) in [5.74, 6) is 0. The molecule has 4 rings (SSSR count). The van der Waals surface area contributed by atoms with Crippen molar-refractivity contribution in [3.05, 3.63) is 65.7 Å². The molecule has 0 bridgehead atoms. The monoisotopic (exact) mass is 412 g/mol. The smallest absolute Gasteiger partial charge is 0.266 e. The van der Waals surface area contributed by atoms with E-state index in [1.54, 1.807) is 6.07 Å². The molecule has 4 aromatic carbocycles. The van der Waals surface area contributed by atoms with Gasteiger partial charge < -0.3 is 0 Å². The van der Waals surface area contributed by atoms with Crippen LogP contribution in [0.5, 0.6) is 0 Å². The third kappa shape index (κ3) is 3.37. The molecule has 0 fully saturated rings. The first-order chi connectivity index (χ1) is 13.2. The summed E-state index contributed by atoms with van der Waals surface area (Å²) in [5.41, 5.74) is -0.282. The first-order valence-electron chi connectivity index (χ1n) is 9.09. The molecule has 5 heteroatoms. The molecule has 0 saturated heterocycles. The van der Waals surface area contributed by atoms with Crippen LogP contribution in [-0.4, -0.2) is 15.0 Å². The molecular weight excluding hydrogens is 392 g/mol. The molecule has 4 aromatic rings. The third-order valence-corrected chi connectivity index (χ3v) is 6.52. The van der Waals surface area contributed by atoms with E-state index < -0.39 is 10.1 Å². The zero-order chi connectivity index (χ0) is 20.1. The maximum Gasteiger partial charge on any atom is 0.299 e. The van der Waals surface area contributed by atoms with Crippen LogP contribution in [-0.2, 0) is 14.3 Å². The Hall–Kier alpha value is -2.14. The molecule has 0 unspecified atom stereocenters. The quantitative estimate of drug-likeness (QED) is 0.283. The molecule has 0 spiro atoms. The maximum absolute atomic E-state index is 13.0. The summed E-state index contributed by atoms with van der Waals surface area (Å²) >= 11 is 6.32. The lowest BCUT2D eigenvalue weighted by Crippen LogP contribution is -2.19. The molecule has 144 valence electrons. The zero-order valence-electron chi connectivity index (χ0n) is 16.0. The van der Waals surface area contributed by atoms with E-state index in [1.165, 1.54) is 0 Å². The molecule has 0 radical (unpaired) electrons. The van der Waals surface area contributed by atoms with Gasteiger partial charge in [-0.1, -0.05) is 87.0 Å². The Balaban J connectivity index is 1.99. The van der Waals surface area contributed by atoms with Crippen LogP contribution < -0.4 is 0 Å². The van der Waals surface area contributed by atoms with Gasteiger partial charge in [0.2, 0.25) is 0 Å². The van der Waals surface area contributed by atoms with E-state index in [4.69, 9.17) is 15.8 Å². The summed E-state index contributed by atoms with van der Waals surface area (Å²) in [5, 5.41) is 5.92. The highest BCUT2D eigenvalue weighted by Crippen LogP contribution is 2.37. The third-order valence-electron chi connectivity index (χ3n) is 4.72. The van der Waals surface area contributed by atoms with Crippen LogP contribution in [0.2, 0.25) is 5.02 Å². The largest absolute Gasteiger partial charge is 0.299 e. The van der Waals surface area contributed by atoms with Gasteiger partial charge in [0, 0.05) is 5.39 Å². The normalized spacial score (nSPS) is 12.9. The van der Waals surface area contributed by atoms with Crippen LogP contribution in [0.1, 0.15) is 20.8 Å². The number of halogens is 1. The van der Waals surface area contributed by atoms with Gasteiger partial charge in [0.15, 0.2) is 0 Å². The Labute approximate surface area is 170 Å². The van der Waals surface area contributed by atoms with E-state index >= 15 is 0 Å². The Bertz CT molecular complexity index is 1320. The minimum absolute atomic E-state index is 0.0333. The van der Waals surface area contributed by atoms with Crippen LogP contribution in [0.4, 0.5) is 0 Å². The van der Waals surface area contributed by atoms with Crippen LogP contribution in [0.15, 0.2) is 65.6 Å². The number of fused-ring (bicyclic) bond motifs is 5. The van der Waals surface area contributed by atoms with Gasteiger partial charge in [-0.25, -0.2) is 0 Å². The van der Waals surface area contributed by atoms with Gasteiger partial charge in [-0.2, -0.15) is 8.42 Å². The standard InChI is InChI=1S/C23H21ClO3S/c1-23(2,3)14-27-28(25,26)22-20-11-10-17-16-7-5-4-6-15(16)8-9-18(17)19(20)12-13-21(22)24/h4-13H,14H2,1-3H3. The Morgan fingerprint density at radius 1 is 0.786 bits per heavy atom. The number of hydrogen-bond acceptors (Lipinski definition) is 3. The van der Waals surface area contributed by atoms with E-state index in [9.17, 15) is 8.42 Å². The number of benzene rings is 4. The highest BCUT2D eigenvalue weighted by molar-refractivity contribution is 7.87. The van der Waals surface area contributed by atoms with E-state index in [0.29, 0.717) is 5.39 Å². The molecule has 3 nitrogen and oxygen atoms in total. The van der Waals surface area contributed by atoms with Gasteiger partial charge in [-0.3, -0.25) is 4.18 Å². The number of rotatable bonds is 3. The van der Waals surface area contributed by atoms with Crippen molar-refractivity contribution in [2.45, 2.75) is 25.7 Å². The Morgan fingerprint density at radius 3 is 2.11 bits per heavy atom. The molecule has 0 aliphatic heterocycles. The minimum Gasteiger partial charge on any atom is -0.266 e. The first-order valence-corrected chi connectivity index (χ1v) is 10.9. The molecule has 0 atom stereocenters. The van der Waals surface area contributed by atoms with E-state index in [1.807, 2.05) is 57.2 Å².